The van der Waals surface area contributed by atoms with Crippen LogP contribution in [0.3, 0.4) is 0 Å². The summed E-state index contributed by atoms with van der Waals surface area (Å²) in [7, 11) is 1.77. The number of carbonyl (C=O) groups excluding carboxylic acids is 1. The third-order valence-electron chi connectivity index (χ3n) is 1.69. The van der Waals surface area contributed by atoms with E-state index in [2.05, 4.69) is 24.5 Å². The van der Waals surface area contributed by atoms with E-state index in [4.69, 9.17) is 0 Å². The number of hydrogen-bond acceptors (Lipinski definition) is 2. The Kier molecular flexibility index (Phi) is 5.84. The Hall–Kier alpha value is -0.570. The van der Waals surface area contributed by atoms with Crippen LogP contribution in [-0.2, 0) is 4.79 Å². The van der Waals surface area contributed by atoms with Crippen LogP contribution in [0.1, 0.15) is 26.7 Å². The Morgan fingerprint density at radius 3 is 2.27 bits per heavy atom. The van der Waals surface area contributed by atoms with Crippen LogP contribution in [0.4, 0.5) is 0 Å². The Bertz CT molecular complexity index is 111. The second kappa shape index (κ2) is 6.16. The van der Waals surface area contributed by atoms with Crippen molar-refractivity contribution in [3.8, 4) is 0 Å². The van der Waals surface area contributed by atoms with E-state index in [-0.39, 0.29) is 5.91 Å². The van der Waals surface area contributed by atoms with Crippen molar-refractivity contribution in [1.29, 1.82) is 0 Å². The van der Waals surface area contributed by atoms with E-state index in [0.717, 1.165) is 12.8 Å². The molecule has 0 atom stereocenters. The molecule has 0 heterocycles. The molecule has 0 saturated carbocycles. The number of rotatable bonds is 5. The molecule has 0 saturated heterocycles. The third kappa shape index (κ3) is 4.79. The highest BCUT2D eigenvalue weighted by atomic mass is 16.1. The van der Waals surface area contributed by atoms with E-state index in [0.29, 0.717) is 12.6 Å². The quantitative estimate of drug-likeness (QED) is 0.612. The second-order valence-corrected chi connectivity index (χ2v) is 2.61. The summed E-state index contributed by atoms with van der Waals surface area (Å²) >= 11 is 0. The maximum absolute atomic E-state index is 11.0. The molecule has 0 aliphatic carbocycles. The average molecular weight is 158 g/mol. The summed E-state index contributed by atoms with van der Waals surface area (Å²) < 4.78 is 0. The maximum atomic E-state index is 11.0. The van der Waals surface area contributed by atoms with Gasteiger partial charge >= 0.3 is 0 Å². The first kappa shape index (κ1) is 10.4. The molecule has 0 aromatic heterocycles. The van der Waals surface area contributed by atoms with Crippen molar-refractivity contribution < 1.29 is 4.79 Å². The summed E-state index contributed by atoms with van der Waals surface area (Å²) in [5, 5.41) is 5.72. The smallest absolute Gasteiger partial charge is 0.234 e. The molecule has 0 rings (SSSR count). The first-order chi connectivity index (χ1) is 5.24. The van der Waals surface area contributed by atoms with E-state index in [1.807, 2.05) is 0 Å². The monoisotopic (exact) mass is 158 g/mol. The Balaban J connectivity index is 3.54. The molecule has 3 heteroatoms. The highest BCUT2D eigenvalue weighted by Gasteiger charge is 2.05. The molecule has 2 N–H and O–H groups in total. The van der Waals surface area contributed by atoms with Gasteiger partial charge in [-0.25, -0.2) is 0 Å². The molecule has 0 aromatic carbocycles. The van der Waals surface area contributed by atoms with Crippen molar-refractivity contribution in [2.24, 2.45) is 0 Å². The van der Waals surface area contributed by atoms with Gasteiger partial charge in [0.05, 0.1) is 6.54 Å². The third-order valence-corrected chi connectivity index (χ3v) is 1.69. The Morgan fingerprint density at radius 2 is 1.91 bits per heavy atom. The lowest BCUT2D eigenvalue weighted by atomic mass is 10.2. The SMILES string of the molecule is CCC(CC)NC(=O)CNC. The molecule has 0 aliphatic heterocycles. The van der Waals surface area contributed by atoms with Crippen LogP contribution in [0, 0.1) is 0 Å². The van der Waals surface area contributed by atoms with Crippen molar-refractivity contribution in [3.63, 3.8) is 0 Å². The molecular formula is C8H18N2O. The molecule has 0 aliphatic rings. The van der Waals surface area contributed by atoms with Crippen LogP contribution in [0.5, 0.6) is 0 Å². The first-order valence-corrected chi connectivity index (χ1v) is 4.18. The fourth-order valence-electron chi connectivity index (χ4n) is 0.932. The van der Waals surface area contributed by atoms with Gasteiger partial charge in [-0.2, -0.15) is 0 Å². The lowest BCUT2D eigenvalue weighted by Gasteiger charge is -2.13. The molecule has 3 nitrogen and oxygen atoms in total. The van der Waals surface area contributed by atoms with Gasteiger partial charge < -0.3 is 10.6 Å². The van der Waals surface area contributed by atoms with Crippen molar-refractivity contribution >= 4 is 5.91 Å². The first-order valence-electron chi connectivity index (χ1n) is 4.18. The standard InChI is InChI=1S/C8H18N2O/c1-4-7(5-2)10-8(11)6-9-3/h7,9H,4-6H2,1-3H3,(H,10,11). The van der Waals surface area contributed by atoms with Gasteiger partial charge in [0.1, 0.15) is 0 Å². The maximum Gasteiger partial charge on any atom is 0.234 e. The van der Waals surface area contributed by atoms with E-state index < -0.39 is 0 Å². The zero-order valence-electron chi connectivity index (χ0n) is 7.61. The molecule has 0 unspecified atom stereocenters. The number of likely N-dealkylation sites (N-methyl/N-ethyl adjacent to an activating group) is 1. The minimum absolute atomic E-state index is 0.0844. The van der Waals surface area contributed by atoms with Crippen LogP contribution < -0.4 is 10.6 Å². The fourth-order valence-corrected chi connectivity index (χ4v) is 0.932. The molecule has 0 fully saturated rings. The van der Waals surface area contributed by atoms with Crippen LogP contribution in [0.2, 0.25) is 0 Å². The molecule has 1 amide bonds. The van der Waals surface area contributed by atoms with Crippen molar-refractivity contribution in [3.05, 3.63) is 0 Å². The van der Waals surface area contributed by atoms with Crippen molar-refractivity contribution in [2.75, 3.05) is 13.6 Å². The van der Waals surface area contributed by atoms with E-state index in [1.165, 1.54) is 0 Å². The predicted molar refractivity (Wildman–Crippen MR) is 46.4 cm³/mol. The largest absolute Gasteiger partial charge is 0.352 e. The second-order valence-electron chi connectivity index (χ2n) is 2.61. The van der Waals surface area contributed by atoms with E-state index in [1.54, 1.807) is 7.05 Å². The Labute approximate surface area is 68.6 Å². The minimum atomic E-state index is 0.0844. The molecule has 0 spiro atoms. The topological polar surface area (TPSA) is 41.1 Å². The van der Waals surface area contributed by atoms with Crippen LogP contribution >= 0.6 is 0 Å². The van der Waals surface area contributed by atoms with Crippen LogP contribution in [0.15, 0.2) is 0 Å². The highest BCUT2D eigenvalue weighted by molar-refractivity contribution is 5.78. The van der Waals surface area contributed by atoms with Crippen LogP contribution in [0.25, 0.3) is 0 Å². The Morgan fingerprint density at radius 1 is 1.36 bits per heavy atom. The van der Waals surface area contributed by atoms with Gasteiger partial charge in [0.2, 0.25) is 5.91 Å². The molecule has 11 heavy (non-hydrogen) atoms. The summed E-state index contributed by atoms with van der Waals surface area (Å²) in [6.45, 7) is 4.57. The molecule has 0 bridgehead atoms. The summed E-state index contributed by atoms with van der Waals surface area (Å²) in [5.74, 6) is 0.0844. The van der Waals surface area contributed by atoms with Gasteiger partial charge in [-0.1, -0.05) is 13.8 Å². The van der Waals surface area contributed by atoms with Crippen LogP contribution in [-0.4, -0.2) is 25.5 Å². The van der Waals surface area contributed by atoms with Crippen molar-refractivity contribution in [2.45, 2.75) is 32.7 Å². The summed E-state index contributed by atoms with van der Waals surface area (Å²) in [6.07, 6.45) is 2.01. The molecule has 0 radical (unpaired) electrons. The number of hydrogen-bond donors (Lipinski definition) is 2. The number of carbonyl (C=O) groups is 1. The van der Waals surface area contributed by atoms with Crippen molar-refractivity contribution in [1.82, 2.24) is 10.6 Å². The van der Waals surface area contributed by atoms with E-state index >= 15 is 0 Å². The van der Waals surface area contributed by atoms with Gasteiger partial charge in [-0.15, -0.1) is 0 Å². The van der Waals surface area contributed by atoms with Gasteiger partial charge in [-0.05, 0) is 19.9 Å². The minimum Gasteiger partial charge on any atom is -0.352 e. The highest BCUT2D eigenvalue weighted by Crippen LogP contribution is 1.94. The van der Waals surface area contributed by atoms with E-state index in [9.17, 15) is 4.79 Å². The predicted octanol–water partition coefficient (Wildman–Crippen LogP) is 0.511. The summed E-state index contributed by atoms with van der Waals surface area (Å²) in [5.41, 5.74) is 0. The number of amides is 1. The average Bonchev–Trinajstić information content (AvgIpc) is 2.01. The van der Waals surface area contributed by atoms with Gasteiger partial charge in [0, 0.05) is 6.04 Å². The van der Waals surface area contributed by atoms with Gasteiger partial charge in [0.15, 0.2) is 0 Å². The zero-order valence-corrected chi connectivity index (χ0v) is 7.61. The zero-order chi connectivity index (χ0) is 8.69. The molecular weight excluding hydrogens is 140 g/mol. The fraction of sp³-hybridized carbons (Fsp3) is 0.875. The molecule has 66 valence electrons. The summed E-state index contributed by atoms with van der Waals surface area (Å²) in [4.78, 5) is 11.0. The molecule has 0 aromatic rings. The summed E-state index contributed by atoms with van der Waals surface area (Å²) in [6, 6.07) is 0.343. The normalized spacial score (nSPS) is 10.2. The van der Waals surface area contributed by atoms with Gasteiger partial charge in [0.25, 0.3) is 0 Å². The number of nitrogens with one attached hydrogen (secondary N) is 2. The van der Waals surface area contributed by atoms with Gasteiger partial charge in [-0.3, -0.25) is 4.79 Å². The lowest BCUT2D eigenvalue weighted by molar-refractivity contribution is -0.120. The lowest BCUT2D eigenvalue weighted by Crippen LogP contribution is -2.38.